The minimum absolute atomic E-state index is 0.295. The van der Waals surface area contributed by atoms with Gasteiger partial charge in [0, 0.05) is 7.11 Å². The Balaban J connectivity index is 1.56. The molecule has 4 aliphatic carbocycles. The molecule has 4 rings (SSSR count). The van der Waals surface area contributed by atoms with Crippen molar-refractivity contribution in [2.45, 2.75) is 111 Å². The summed E-state index contributed by atoms with van der Waals surface area (Å²) in [7, 11) is 1.89. The predicted octanol–water partition coefficient (Wildman–Crippen LogP) is 8.39. The average Bonchev–Trinajstić information content (AvgIpc) is 3.09. The summed E-state index contributed by atoms with van der Waals surface area (Å²) in [5.74, 6) is 4.94. The van der Waals surface area contributed by atoms with Crippen molar-refractivity contribution in [3.05, 3.63) is 11.6 Å². The second-order valence-electron chi connectivity index (χ2n) is 12.6. The van der Waals surface area contributed by atoms with Gasteiger partial charge in [-0.1, -0.05) is 65.5 Å². The van der Waals surface area contributed by atoms with Gasteiger partial charge in [-0.25, -0.2) is 0 Å². The third-order valence-corrected chi connectivity index (χ3v) is 11.3. The highest BCUT2D eigenvalue weighted by Crippen LogP contribution is 2.67. The predicted molar refractivity (Wildman–Crippen MR) is 138 cm³/mol. The van der Waals surface area contributed by atoms with Gasteiger partial charge >= 0.3 is 0 Å². The van der Waals surface area contributed by atoms with E-state index in [2.05, 4.69) is 63.7 Å². The molecule has 0 amide bonds. The second-order valence-corrected chi connectivity index (χ2v) is 13.1. The average molecular weight is 543 g/mol. The first-order valence-corrected chi connectivity index (χ1v) is 14.1. The number of rotatable bonds is 7. The summed E-state index contributed by atoms with van der Waals surface area (Å²) in [5, 5.41) is 0. The highest BCUT2D eigenvalue weighted by atomic mass is 127. The van der Waals surface area contributed by atoms with Crippen molar-refractivity contribution < 1.29 is 7.80 Å². The summed E-state index contributed by atoms with van der Waals surface area (Å²) < 4.78 is 12.0. The van der Waals surface area contributed by atoms with Crippen LogP contribution in [0.3, 0.4) is 0 Å². The van der Waals surface area contributed by atoms with Crippen LogP contribution in [0.25, 0.3) is 0 Å². The maximum absolute atomic E-state index is 6.22. The molecule has 0 spiro atoms. The molecule has 0 N–H and O–H groups in total. The van der Waals surface area contributed by atoms with Gasteiger partial charge in [-0.2, -0.15) is 0 Å². The number of halogens is 1. The number of hydrogen-bond acceptors (Lipinski definition) is 2. The number of hydrogen-bond donors (Lipinski definition) is 0. The summed E-state index contributed by atoms with van der Waals surface area (Å²) >= 11 is 2.20. The van der Waals surface area contributed by atoms with Crippen molar-refractivity contribution in [2.24, 2.45) is 46.3 Å². The summed E-state index contributed by atoms with van der Waals surface area (Å²) in [4.78, 5) is 0. The Hall–Kier alpha value is 0.390. The zero-order valence-electron chi connectivity index (χ0n) is 21.0. The van der Waals surface area contributed by atoms with Crippen LogP contribution >= 0.6 is 23.0 Å². The molecule has 3 unspecified atom stereocenters. The van der Waals surface area contributed by atoms with E-state index in [0.29, 0.717) is 29.0 Å². The van der Waals surface area contributed by atoms with Crippen LogP contribution in [0.2, 0.25) is 0 Å². The lowest BCUT2D eigenvalue weighted by atomic mass is 9.46. The summed E-state index contributed by atoms with van der Waals surface area (Å²) in [6, 6.07) is 0. The van der Waals surface area contributed by atoms with Crippen LogP contribution in [0.15, 0.2) is 11.6 Å². The van der Waals surface area contributed by atoms with Gasteiger partial charge < -0.3 is 7.80 Å². The Kier molecular flexibility index (Phi) is 7.56. The van der Waals surface area contributed by atoms with E-state index in [0.717, 1.165) is 36.0 Å². The van der Waals surface area contributed by atoms with E-state index in [-0.39, 0.29) is 0 Å². The number of fused-ring (bicyclic) bond motifs is 5. The smallest absolute Gasteiger partial charge is 0.110 e. The van der Waals surface area contributed by atoms with Gasteiger partial charge in [0.1, 0.15) is 23.0 Å². The molecule has 0 aliphatic heterocycles. The van der Waals surface area contributed by atoms with Crippen LogP contribution in [0.1, 0.15) is 98.8 Å². The van der Waals surface area contributed by atoms with Crippen molar-refractivity contribution >= 4 is 23.0 Å². The van der Waals surface area contributed by atoms with Crippen LogP contribution < -0.4 is 0 Å². The molecule has 3 saturated carbocycles. The highest BCUT2D eigenvalue weighted by Gasteiger charge is 2.61. The molecule has 2 nitrogen and oxygen atoms in total. The first-order chi connectivity index (χ1) is 14.7. The van der Waals surface area contributed by atoms with E-state index in [4.69, 9.17) is 7.80 Å². The molecule has 3 heteroatoms. The van der Waals surface area contributed by atoms with Crippen LogP contribution in [-0.4, -0.2) is 19.3 Å². The van der Waals surface area contributed by atoms with Crippen LogP contribution in [0, 0.1) is 46.3 Å². The molecule has 0 heterocycles. The van der Waals surface area contributed by atoms with E-state index in [9.17, 15) is 0 Å². The van der Waals surface area contributed by atoms with Gasteiger partial charge in [0.05, 0.1) is 12.2 Å². The molecule has 0 radical (unpaired) electrons. The summed E-state index contributed by atoms with van der Waals surface area (Å²) in [5.41, 5.74) is 2.53. The van der Waals surface area contributed by atoms with Crippen molar-refractivity contribution in [1.82, 2.24) is 0 Å². The Labute approximate surface area is 206 Å². The SMILES string of the molecule is CO[C@H]1CC[C@@]2(C)C(=C[C@H](OI)[C@H]3C4CCC([C@H](C)CCCC(C)C)[C@@]4(C)CCC32)C1. The molecule has 4 aliphatic rings. The molecule has 0 aromatic rings. The molecule has 9 atom stereocenters. The third kappa shape index (κ3) is 4.31. The lowest BCUT2D eigenvalue weighted by Gasteiger charge is -2.60. The molecule has 31 heavy (non-hydrogen) atoms. The Morgan fingerprint density at radius 1 is 1.03 bits per heavy atom. The fourth-order valence-corrected chi connectivity index (χ4v) is 9.39. The van der Waals surface area contributed by atoms with E-state index < -0.39 is 0 Å². The fourth-order valence-electron chi connectivity index (χ4n) is 8.90. The van der Waals surface area contributed by atoms with Crippen LogP contribution in [0.5, 0.6) is 0 Å². The first-order valence-electron chi connectivity index (χ1n) is 13.3. The minimum atomic E-state index is 0.295. The van der Waals surface area contributed by atoms with Crippen molar-refractivity contribution in [3.63, 3.8) is 0 Å². The molecular weight excluding hydrogens is 495 g/mol. The quantitative estimate of drug-likeness (QED) is 0.238. The van der Waals surface area contributed by atoms with Crippen LogP contribution in [-0.2, 0) is 7.80 Å². The van der Waals surface area contributed by atoms with Crippen molar-refractivity contribution in [2.75, 3.05) is 7.11 Å². The number of ether oxygens (including phenoxy) is 1. The summed E-state index contributed by atoms with van der Waals surface area (Å²) in [6.45, 7) is 12.6. The molecule has 3 fully saturated rings. The monoisotopic (exact) mass is 542 g/mol. The maximum Gasteiger partial charge on any atom is 0.110 e. The zero-order valence-corrected chi connectivity index (χ0v) is 23.1. The third-order valence-electron chi connectivity index (χ3n) is 10.7. The van der Waals surface area contributed by atoms with Crippen molar-refractivity contribution in [3.8, 4) is 0 Å². The normalized spacial score (nSPS) is 45.6. The van der Waals surface area contributed by atoms with Crippen molar-refractivity contribution in [1.29, 1.82) is 0 Å². The van der Waals surface area contributed by atoms with Gasteiger partial charge in [0.25, 0.3) is 0 Å². The maximum atomic E-state index is 6.22. The molecule has 0 saturated heterocycles. The lowest BCUT2D eigenvalue weighted by molar-refractivity contribution is -0.0866. The van der Waals surface area contributed by atoms with Gasteiger partial charge in [-0.3, -0.25) is 0 Å². The molecule has 0 aromatic carbocycles. The van der Waals surface area contributed by atoms with Gasteiger partial charge in [-0.05, 0) is 91.3 Å². The van der Waals surface area contributed by atoms with Gasteiger partial charge in [0.15, 0.2) is 0 Å². The fraction of sp³-hybridized carbons (Fsp3) is 0.929. The molecule has 0 bridgehead atoms. The molecule has 178 valence electrons. The van der Waals surface area contributed by atoms with E-state index in [1.54, 1.807) is 5.57 Å². The number of methoxy groups -OCH3 is 1. The van der Waals surface area contributed by atoms with Gasteiger partial charge in [0.2, 0.25) is 0 Å². The largest absolute Gasteiger partial charge is 0.381 e. The Bertz CT molecular complexity index is 659. The zero-order chi connectivity index (χ0) is 22.4. The Morgan fingerprint density at radius 3 is 2.48 bits per heavy atom. The minimum Gasteiger partial charge on any atom is -0.381 e. The second kappa shape index (κ2) is 9.56. The van der Waals surface area contributed by atoms with E-state index in [1.807, 2.05) is 7.11 Å². The standard InChI is InChI=1S/C28H47IO2/c1-18(2)8-7-9-19(3)22-10-11-23-26-24(13-15-28(22,23)5)27(4)14-12-21(30-6)16-20(27)17-25(26)31-29/h17-19,21-26H,7-16H2,1-6H3/t19-,21+,22?,23?,24?,25+,26+,27+,28-/m1/s1. The van der Waals surface area contributed by atoms with E-state index in [1.165, 1.54) is 57.8 Å². The highest BCUT2D eigenvalue weighted by molar-refractivity contribution is 14.1. The molecular formula is C28H47IO2. The van der Waals surface area contributed by atoms with E-state index >= 15 is 0 Å². The lowest BCUT2D eigenvalue weighted by Crippen LogP contribution is -2.55. The molecule has 0 aromatic heterocycles. The summed E-state index contributed by atoms with van der Waals surface area (Å²) in [6.07, 6.45) is 16.8. The van der Waals surface area contributed by atoms with Gasteiger partial charge in [-0.15, -0.1) is 0 Å². The Morgan fingerprint density at radius 2 is 1.81 bits per heavy atom. The first kappa shape index (κ1) is 24.5. The topological polar surface area (TPSA) is 18.5 Å². The van der Waals surface area contributed by atoms with Crippen LogP contribution in [0.4, 0.5) is 0 Å².